The predicted molar refractivity (Wildman–Crippen MR) is 318 cm³/mol. The van der Waals surface area contributed by atoms with Crippen LogP contribution in [0.15, 0.2) is 0 Å². The van der Waals surface area contributed by atoms with Gasteiger partial charge in [0.25, 0.3) is 0 Å². The zero-order chi connectivity index (χ0) is 60.5. The van der Waals surface area contributed by atoms with Gasteiger partial charge in [-0.1, -0.05) is 181 Å². The average molecular weight is 1220 g/mol. The quantitative estimate of drug-likeness (QED) is 0.0303. The summed E-state index contributed by atoms with van der Waals surface area (Å²) >= 11 is 0. The maximum Gasteiger partial charge on any atom is 0.187 e. The highest BCUT2D eigenvalue weighted by atomic mass is 16.7. The third kappa shape index (κ3) is 34.9. The van der Waals surface area contributed by atoms with Crippen molar-refractivity contribution >= 4 is 0 Å². The number of hydrogen-bond donors (Lipinski definition) is 8. The summed E-state index contributed by atoms with van der Waals surface area (Å²) in [5.74, 6) is -0.751. The minimum atomic E-state index is -1.50. The van der Waals surface area contributed by atoms with Crippen LogP contribution in [-0.2, 0) is 61.6 Å². The Morgan fingerprint density at radius 1 is 0.333 bits per heavy atom. The van der Waals surface area contributed by atoms with E-state index in [0.717, 1.165) is 25.7 Å². The predicted octanol–water partition coefficient (Wildman–Crippen LogP) is 6.47. The van der Waals surface area contributed by atoms with E-state index in [2.05, 4.69) is 13.8 Å². The second kappa shape index (κ2) is 52.9. The lowest BCUT2D eigenvalue weighted by Gasteiger charge is -2.28. The maximum absolute atomic E-state index is 10.6. The summed E-state index contributed by atoms with van der Waals surface area (Å²) in [5, 5.41) is 80.4. The second-order valence-corrected chi connectivity index (χ2v) is 23.3. The van der Waals surface area contributed by atoms with Gasteiger partial charge in [-0.05, 0) is 12.8 Å². The first-order valence-corrected chi connectivity index (χ1v) is 33.3. The van der Waals surface area contributed by atoms with Gasteiger partial charge in [-0.3, -0.25) is 0 Å². The molecule has 3 heterocycles. The number of rotatable bonds is 61. The van der Waals surface area contributed by atoms with Crippen LogP contribution in [0.25, 0.3) is 0 Å². The van der Waals surface area contributed by atoms with Crippen LogP contribution in [0.2, 0.25) is 0 Å². The normalized spacial score (nSPS) is 26.1. The molecule has 14 atom stereocenters. The Hall–Kier alpha value is -0.840. The van der Waals surface area contributed by atoms with E-state index < -0.39 is 99.4 Å². The van der Waals surface area contributed by atoms with Crippen LogP contribution in [0, 0.1) is 5.92 Å². The molecule has 0 aliphatic carbocycles. The van der Waals surface area contributed by atoms with Gasteiger partial charge >= 0.3 is 0 Å². The Kier molecular flexibility index (Phi) is 48.7. The molecule has 0 aromatic heterocycles. The van der Waals surface area contributed by atoms with E-state index >= 15 is 0 Å². The summed E-state index contributed by atoms with van der Waals surface area (Å²) in [4.78, 5) is 0. The van der Waals surface area contributed by atoms with Crippen molar-refractivity contribution < 1.29 is 102 Å². The molecule has 3 rings (SSSR count). The minimum Gasteiger partial charge on any atom is -0.394 e. The van der Waals surface area contributed by atoms with Gasteiger partial charge in [0.05, 0.1) is 124 Å². The van der Waals surface area contributed by atoms with Gasteiger partial charge < -0.3 is 102 Å². The lowest BCUT2D eigenvalue weighted by atomic mass is 10.0. The zero-order valence-corrected chi connectivity index (χ0v) is 52.2. The third-order valence-corrected chi connectivity index (χ3v) is 16.1. The van der Waals surface area contributed by atoms with Gasteiger partial charge in [-0.15, -0.1) is 0 Å². The van der Waals surface area contributed by atoms with E-state index in [4.69, 9.17) is 66.7 Å². The number of hydrogen-bond acceptors (Lipinski definition) is 21. The number of ether oxygens (including phenoxy) is 13. The van der Waals surface area contributed by atoms with Gasteiger partial charge in [-0.25, -0.2) is 0 Å². The molecule has 3 saturated heterocycles. The molecule has 3 aliphatic rings. The van der Waals surface area contributed by atoms with Crippen molar-refractivity contribution in [2.45, 2.75) is 273 Å². The summed E-state index contributed by atoms with van der Waals surface area (Å²) in [6.07, 6.45) is 22.7. The Morgan fingerprint density at radius 3 is 1.20 bits per heavy atom. The van der Waals surface area contributed by atoms with Crippen molar-refractivity contribution in [1.29, 1.82) is 0 Å². The van der Waals surface area contributed by atoms with E-state index in [1.165, 1.54) is 154 Å². The molecule has 3 aliphatic heterocycles. The highest BCUT2D eigenvalue weighted by Gasteiger charge is 2.52. The summed E-state index contributed by atoms with van der Waals surface area (Å²) in [6, 6.07) is 0. The van der Waals surface area contributed by atoms with Crippen LogP contribution in [0.5, 0.6) is 0 Å². The zero-order valence-electron chi connectivity index (χ0n) is 52.2. The van der Waals surface area contributed by atoms with Crippen LogP contribution in [0.4, 0.5) is 0 Å². The van der Waals surface area contributed by atoms with Crippen LogP contribution < -0.4 is 0 Å². The lowest BCUT2D eigenvalue weighted by Crippen LogP contribution is -2.43. The van der Waals surface area contributed by atoms with Gasteiger partial charge in [0, 0.05) is 13.2 Å². The Bertz CT molecular complexity index is 1430. The molecule has 0 radical (unpaired) electrons. The molecule has 0 aromatic carbocycles. The van der Waals surface area contributed by atoms with Gasteiger partial charge in [0.1, 0.15) is 61.0 Å². The maximum atomic E-state index is 10.6. The van der Waals surface area contributed by atoms with Crippen molar-refractivity contribution in [1.82, 2.24) is 0 Å². The van der Waals surface area contributed by atoms with Crippen molar-refractivity contribution in [3.05, 3.63) is 0 Å². The van der Waals surface area contributed by atoms with Crippen LogP contribution in [0.1, 0.15) is 194 Å². The van der Waals surface area contributed by atoms with Gasteiger partial charge in [-0.2, -0.15) is 0 Å². The smallest absolute Gasteiger partial charge is 0.187 e. The molecule has 0 bridgehead atoms. The number of aliphatic hydroxyl groups is 8. The molecule has 0 aromatic rings. The molecule has 21 heteroatoms. The average Bonchev–Trinajstić information content (AvgIpc) is 4.10. The van der Waals surface area contributed by atoms with Gasteiger partial charge in [0.2, 0.25) is 0 Å². The molecule has 3 fully saturated rings. The Balaban J connectivity index is 1.45. The van der Waals surface area contributed by atoms with Crippen molar-refractivity contribution in [2.75, 3.05) is 126 Å². The molecule has 0 saturated carbocycles. The van der Waals surface area contributed by atoms with Crippen molar-refractivity contribution in [3.8, 4) is 0 Å². The summed E-state index contributed by atoms with van der Waals surface area (Å²) in [5.41, 5.74) is 0. The van der Waals surface area contributed by atoms with E-state index in [1.54, 1.807) is 0 Å². The molecule has 21 nitrogen and oxygen atoms in total. The van der Waals surface area contributed by atoms with Crippen LogP contribution in [-0.4, -0.2) is 246 Å². The van der Waals surface area contributed by atoms with Crippen molar-refractivity contribution in [3.63, 3.8) is 0 Å². The molecule has 2 unspecified atom stereocenters. The highest BCUT2D eigenvalue weighted by molar-refractivity contribution is 4.94. The van der Waals surface area contributed by atoms with E-state index in [-0.39, 0.29) is 72.2 Å². The summed E-state index contributed by atoms with van der Waals surface area (Å²) < 4.78 is 77.5. The fourth-order valence-electron chi connectivity index (χ4n) is 10.9. The van der Waals surface area contributed by atoms with Crippen molar-refractivity contribution in [2.24, 2.45) is 5.92 Å². The van der Waals surface area contributed by atoms with E-state index in [0.29, 0.717) is 39.6 Å². The van der Waals surface area contributed by atoms with E-state index in [9.17, 15) is 35.7 Å². The first-order chi connectivity index (χ1) is 41.2. The molecule has 500 valence electrons. The highest BCUT2D eigenvalue weighted by Crippen LogP contribution is 2.35. The van der Waals surface area contributed by atoms with Crippen LogP contribution >= 0.6 is 0 Å². The van der Waals surface area contributed by atoms with E-state index in [1.807, 2.05) is 0 Å². The monoisotopic (exact) mass is 1210 g/mol. The topological polar surface area (TPSA) is 282 Å². The molecule has 84 heavy (non-hydrogen) atoms. The molecule has 0 spiro atoms. The molecular weight excluding hydrogens is 1090 g/mol. The summed E-state index contributed by atoms with van der Waals surface area (Å²) in [7, 11) is 0. The largest absolute Gasteiger partial charge is 0.394 e. The first-order valence-electron chi connectivity index (χ1n) is 33.3. The fraction of sp³-hybridized carbons (Fsp3) is 1.00. The standard InChI is InChI=1S/C63H122O21/c1-3-5-7-9-11-13-15-17-19-21-23-25-27-29-32-74-46-51(78-33-30-28-26-24-22-20-18-16-14-12-10-8-6-4-2)47-79-50(44-75-38-35-72-34-31-64)45-76-39-36-73-37-40-77-48-52-61(84-63-60(71)58(69)54(42-66)82-63)55(43-67)83-62(52)80-49-56-59(70)57(68)53(41-65)81-56/h50-71H,3-49H2,1-2H3/t50?,51?,52-,53+,54+,55+,56-,57+,58+,59+,60-,61-,62+,63+/m1/s1. The fourth-order valence-corrected chi connectivity index (χ4v) is 10.9. The minimum absolute atomic E-state index is 0.0464. The molecule has 8 N–H and O–H groups in total. The number of aliphatic hydroxyl groups excluding tert-OH is 8. The van der Waals surface area contributed by atoms with Gasteiger partial charge in [0.15, 0.2) is 12.6 Å². The van der Waals surface area contributed by atoms with Crippen LogP contribution in [0.3, 0.4) is 0 Å². The molecule has 0 amide bonds. The number of unbranched alkanes of at least 4 members (excludes halogenated alkanes) is 26. The SMILES string of the molecule is CCCCCCCCCCCCCCCCOCC(COC(COCCOCCO)COCCOCCOC[C@H]1[C@@H](OC[C@H]2O[C@@H](CO)[C@H](O)[C@H]2O)O[C@@H](CO)[C@@H]1O[C@@H]1O[C@@H](CO)[C@H](O)[C@H]1O)OCCCCCCCCCCCCCCCC. The Morgan fingerprint density at radius 2 is 0.726 bits per heavy atom. The first kappa shape index (κ1) is 77.4. The molecular formula is C63H122O21. The summed E-state index contributed by atoms with van der Waals surface area (Å²) in [6.45, 7) is 6.88. The third-order valence-electron chi connectivity index (χ3n) is 16.1. The second-order valence-electron chi connectivity index (χ2n) is 23.3. The lowest BCUT2D eigenvalue weighted by molar-refractivity contribution is -0.212. The Labute approximate surface area is 505 Å².